The van der Waals surface area contributed by atoms with Crippen molar-refractivity contribution in [2.45, 2.75) is 6.54 Å². The second-order valence-corrected chi connectivity index (χ2v) is 6.32. The molecule has 0 aromatic heterocycles. The van der Waals surface area contributed by atoms with Gasteiger partial charge in [-0.15, -0.1) is 0 Å². The molecule has 0 saturated heterocycles. The summed E-state index contributed by atoms with van der Waals surface area (Å²) in [7, 11) is 0. The molecule has 0 aliphatic heterocycles. The molecule has 0 heterocycles. The summed E-state index contributed by atoms with van der Waals surface area (Å²) < 4.78 is 0. The smallest absolute Gasteiger partial charge is 0.0594 e. The molecule has 0 fully saturated rings. The van der Waals surface area contributed by atoms with Gasteiger partial charge < -0.3 is 5.43 Å². The highest BCUT2D eigenvalue weighted by molar-refractivity contribution is 6.31. The maximum absolute atomic E-state index is 6.18. The van der Waals surface area contributed by atoms with Crippen molar-refractivity contribution in [3.05, 3.63) is 95.0 Å². The quantitative estimate of drug-likeness (QED) is 0.283. The van der Waals surface area contributed by atoms with E-state index in [0.29, 0.717) is 6.54 Å². The van der Waals surface area contributed by atoms with Crippen molar-refractivity contribution in [1.82, 2.24) is 5.43 Å². The highest BCUT2D eigenvalue weighted by atomic mass is 35.5. The van der Waals surface area contributed by atoms with Crippen LogP contribution in [-0.4, -0.2) is 6.21 Å². The number of hydrazone groups is 1. The first-order chi connectivity index (χ1) is 12.3. The van der Waals surface area contributed by atoms with Gasteiger partial charge in [0.1, 0.15) is 0 Å². The van der Waals surface area contributed by atoms with Gasteiger partial charge in [0.05, 0.1) is 12.8 Å². The summed E-state index contributed by atoms with van der Waals surface area (Å²) in [6.45, 7) is 0.596. The van der Waals surface area contributed by atoms with Crippen LogP contribution in [0.15, 0.2) is 84.0 Å². The van der Waals surface area contributed by atoms with Crippen LogP contribution in [0.1, 0.15) is 11.1 Å². The van der Waals surface area contributed by atoms with E-state index in [0.717, 1.165) is 16.1 Å². The van der Waals surface area contributed by atoms with Gasteiger partial charge in [0.15, 0.2) is 0 Å². The molecule has 4 aromatic carbocycles. The van der Waals surface area contributed by atoms with E-state index in [9.17, 15) is 0 Å². The molecule has 0 atom stereocenters. The van der Waals surface area contributed by atoms with Gasteiger partial charge in [0.2, 0.25) is 0 Å². The van der Waals surface area contributed by atoms with Crippen molar-refractivity contribution in [3.8, 4) is 0 Å². The standard InChI is InChI=1S/C22H17ClN2/c23-22-12-6-3-9-18(22)14-24-25-15-21-19-10-4-1-7-16(19)13-17-8-2-5-11-20(17)21/h1-13,15,24H,14H2/b25-15-. The van der Waals surface area contributed by atoms with Crippen molar-refractivity contribution in [3.63, 3.8) is 0 Å². The van der Waals surface area contributed by atoms with E-state index in [4.69, 9.17) is 11.6 Å². The minimum Gasteiger partial charge on any atom is -0.306 e. The average Bonchev–Trinajstić information content (AvgIpc) is 2.65. The Balaban J connectivity index is 1.68. The second kappa shape index (κ2) is 6.96. The van der Waals surface area contributed by atoms with E-state index in [1.165, 1.54) is 21.5 Å². The van der Waals surface area contributed by atoms with Crippen LogP contribution in [0.25, 0.3) is 21.5 Å². The molecule has 25 heavy (non-hydrogen) atoms. The number of fused-ring (bicyclic) bond motifs is 2. The molecule has 0 spiro atoms. The summed E-state index contributed by atoms with van der Waals surface area (Å²) in [5.74, 6) is 0. The van der Waals surface area contributed by atoms with E-state index in [1.54, 1.807) is 0 Å². The zero-order valence-electron chi connectivity index (χ0n) is 13.6. The number of hydrogen-bond donors (Lipinski definition) is 1. The Kier molecular flexibility index (Phi) is 4.36. The highest BCUT2D eigenvalue weighted by Crippen LogP contribution is 2.27. The number of rotatable bonds is 4. The van der Waals surface area contributed by atoms with E-state index in [-0.39, 0.29) is 0 Å². The number of nitrogens with zero attached hydrogens (tertiary/aromatic N) is 1. The predicted molar refractivity (Wildman–Crippen MR) is 107 cm³/mol. The Morgan fingerprint density at radius 2 is 1.40 bits per heavy atom. The zero-order chi connectivity index (χ0) is 17.1. The van der Waals surface area contributed by atoms with Gasteiger partial charge in [-0.1, -0.05) is 78.3 Å². The van der Waals surface area contributed by atoms with Crippen molar-refractivity contribution >= 4 is 39.4 Å². The number of nitrogens with one attached hydrogen (secondary N) is 1. The molecule has 0 bridgehead atoms. The Bertz CT molecular complexity index is 1020. The second-order valence-electron chi connectivity index (χ2n) is 5.92. The molecular weight excluding hydrogens is 328 g/mol. The van der Waals surface area contributed by atoms with Crippen molar-refractivity contribution < 1.29 is 0 Å². The fraction of sp³-hybridized carbons (Fsp3) is 0.0455. The van der Waals surface area contributed by atoms with Crippen molar-refractivity contribution in [2.24, 2.45) is 5.10 Å². The summed E-state index contributed by atoms with van der Waals surface area (Å²) in [6, 6.07) is 26.8. The number of benzene rings is 4. The van der Waals surface area contributed by atoms with Crippen LogP contribution in [0.3, 0.4) is 0 Å². The lowest BCUT2D eigenvalue weighted by Crippen LogP contribution is -2.06. The molecule has 1 N–H and O–H groups in total. The first-order valence-corrected chi connectivity index (χ1v) is 8.60. The summed E-state index contributed by atoms with van der Waals surface area (Å²) in [5, 5.41) is 10.0. The minimum atomic E-state index is 0.596. The van der Waals surface area contributed by atoms with Crippen LogP contribution in [0, 0.1) is 0 Å². The van der Waals surface area contributed by atoms with Crippen molar-refractivity contribution in [2.75, 3.05) is 0 Å². The summed E-state index contributed by atoms with van der Waals surface area (Å²) in [6.07, 6.45) is 1.90. The fourth-order valence-electron chi connectivity index (χ4n) is 3.07. The fourth-order valence-corrected chi connectivity index (χ4v) is 3.27. The van der Waals surface area contributed by atoms with Crippen LogP contribution in [0.5, 0.6) is 0 Å². The molecule has 0 saturated carbocycles. The SMILES string of the molecule is Clc1ccccc1CN/N=C\c1c2ccccc2cc2ccccc12. The van der Waals surface area contributed by atoms with E-state index < -0.39 is 0 Å². The van der Waals surface area contributed by atoms with Crippen LogP contribution < -0.4 is 5.43 Å². The molecule has 4 aromatic rings. The molecule has 0 unspecified atom stereocenters. The Labute approximate surface area is 151 Å². The molecule has 4 rings (SSSR count). The van der Waals surface area contributed by atoms with E-state index in [1.807, 2.05) is 30.5 Å². The molecule has 0 amide bonds. The van der Waals surface area contributed by atoms with Gasteiger partial charge >= 0.3 is 0 Å². The molecule has 2 nitrogen and oxygen atoms in total. The highest BCUT2D eigenvalue weighted by Gasteiger charge is 2.05. The third-order valence-electron chi connectivity index (χ3n) is 4.33. The Morgan fingerprint density at radius 1 is 0.800 bits per heavy atom. The molecule has 3 heteroatoms. The van der Waals surface area contributed by atoms with Crippen LogP contribution >= 0.6 is 11.6 Å². The first kappa shape index (κ1) is 15.7. The van der Waals surface area contributed by atoms with Gasteiger partial charge in [0.25, 0.3) is 0 Å². The molecule has 122 valence electrons. The van der Waals surface area contributed by atoms with Gasteiger partial charge in [-0.3, -0.25) is 0 Å². The number of halogens is 1. The molecule has 0 aliphatic rings. The largest absolute Gasteiger partial charge is 0.306 e. The summed E-state index contributed by atoms with van der Waals surface area (Å²) >= 11 is 6.18. The van der Waals surface area contributed by atoms with Gasteiger partial charge in [-0.25, -0.2) is 0 Å². The minimum absolute atomic E-state index is 0.596. The topological polar surface area (TPSA) is 24.4 Å². The van der Waals surface area contributed by atoms with Crippen molar-refractivity contribution in [1.29, 1.82) is 0 Å². The lowest BCUT2D eigenvalue weighted by molar-refractivity contribution is 0.748. The lowest BCUT2D eigenvalue weighted by Gasteiger charge is -2.08. The van der Waals surface area contributed by atoms with E-state index >= 15 is 0 Å². The van der Waals surface area contributed by atoms with Gasteiger partial charge in [0, 0.05) is 10.6 Å². The van der Waals surface area contributed by atoms with Crippen LogP contribution in [0.2, 0.25) is 5.02 Å². The van der Waals surface area contributed by atoms with E-state index in [2.05, 4.69) is 65.1 Å². The molecular formula is C22H17ClN2. The lowest BCUT2D eigenvalue weighted by atomic mass is 9.97. The first-order valence-electron chi connectivity index (χ1n) is 8.23. The number of hydrogen-bond acceptors (Lipinski definition) is 2. The monoisotopic (exact) mass is 344 g/mol. The Hall–Kier alpha value is -2.84. The van der Waals surface area contributed by atoms with Gasteiger partial charge in [-0.05, 0) is 39.2 Å². The zero-order valence-corrected chi connectivity index (χ0v) is 14.4. The van der Waals surface area contributed by atoms with Crippen LogP contribution in [-0.2, 0) is 6.54 Å². The van der Waals surface area contributed by atoms with Gasteiger partial charge in [-0.2, -0.15) is 5.10 Å². The van der Waals surface area contributed by atoms with Crippen LogP contribution in [0.4, 0.5) is 0 Å². The summed E-state index contributed by atoms with van der Waals surface area (Å²) in [4.78, 5) is 0. The third-order valence-corrected chi connectivity index (χ3v) is 4.69. The predicted octanol–water partition coefficient (Wildman–Crippen LogP) is 5.77. The average molecular weight is 345 g/mol. The Morgan fingerprint density at radius 3 is 2.08 bits per heavy atom. The summed E-state index contributed by atoms with van der Waals surface area (Å²) in [5.41, 5.74) is 5.26. The maximum atomic E-state index is 6.18. The molecule has 0 aliphatic carbocycles. The normalized spacial score (nSPS) is 11.4. The molecule has 0 radical (unpaired) electrons. The third kappa shape index (κ3) is 3.21. The maximum Gasteiger partial charge on any atom is 0.0594 e.